The lowest BCUT2D eigenvalue weighted by atomic mass is 9.84. The number of phenols is 1. The fourth-order valence-corrected chi connectivity index (χ4v) is 4.95. The molecule has 32 heavy (non-hydrogen) atoms. The van der Waals surface area contributed by atoms with E-state index < -0.39 is 11.9 Å². The smallest absolute Gasteiger partial charge is 0.308 e. The molecular weight excluding hydrogens is 411 g/mol. The zero-order valence-corrected chi connectivity index (χ0v) is 17.6. The van der Waals surface area contributed by atoms with Crippen molar-refractivity contribution in [2.45, 2.75) is 25.2 Å². The Hall–Kier alpha value is -3.19. The van der Waals surface area contributed by atoms with E-state index in [4.69, 9.17) is 9.72 Å². The van der Waals surface area contributed by atoms with E-state index >= 15 is 0 Å². The first-order chi connectivity index (χ1) is 15.5. The number of fused-ring (bicyclic) bond motifs is 1. The molecule has 2 aromatic carbocycles. The van der Waals surface area contributed by atoms with Gasteiger partial charge in [-0.05, 0) is 60.6 Å². The molecule has 0 aliphatic carbocycles. The number of anilines is 1. The lowest BCUT2D eigenvalue weighted by Gasteiger charge is -2.31. The number of phenolic OH excluding ortho intramolecular Hbond substituents is 1. The third-order valence-corrected chi connectivity index (χ3v) is 6.59. The van der Waals surface area contributed by atoms with Crippen LogP contribution in [0.15, 0.2) is 42.5 Å². The zero-order chi connectivity index (χ0) is 22.2. The number of pyridine rings is 1. The summed E-state index contributed by atoms with van der Waals surface area (Å²) in [5.41, 5.74) is 3.54. The van der Waals surface area contributed by atoms with Gasteiger partial charge in [-0.1, -0.05) is 12.1 Å². The molecule has 2 aliphatic rings. The predicted molar refractivity (Wildman–Crippen MR) is 120 cm³/mol. The van der Waals surface area contributed by atoms with Crippen molar-refractivity contribution in [2.75, 3.05) is 31.2 Å². The summed E-state index contributed by atoms with van der Waals surface area (Å²) < 4.78 is 19.3. The second-order valence-electron chi connectivity index (χ2n) is 8.59. The number of nitrogens with zero attached hydrogens (tertiary/aromatic N) is 2. The Morgan fingerprint density at radius 1 is 1.09 bits per heavy atom. The molecule has 1 atom stereocenters. The van der Waals surface area contributed by atoms with Crippen LogP contribution in [0.1, 0.15) is 30.7 Å². The molecule has 0 bridgehead atoms. The molecule has 5 rings (SSSR count). The Bertz CT molecular complexity index is 1160. The predicted octanol–water partition coefficient (Wildman–Crippen LogP) is 4.55. The Labute approximate surface area is 185 Å². The molecule has 2 fully saturated rings. The Morgan fingerprint density at radius 2 is 1.84 bits per heavy atom. The molecule has 3 aromatic rings. The van der Waals surface area contributed by atoms with Gasteiger partial charge in [0.1, 0.15) is 17.4 Å². The van der Waals surface area contributed by atoms with Crippen LogP contribution < -0.4 is 4.90 Å². The first kappa shape index (κ1) is 20.7. The van der Waals surface area contributed by atoms with Gasteiger partial charge in [-0.15, -0.1) is 0 Å². The fraction of sp³-hybridized carbons (Fsp3) is 0.360. The maximum absolute atomic E-state index is 13.7. The standard InChI is InChI=1S/C25H25FN2O4/c26-18-3-1-15(2-4-18)22-20-6-5-19(29)13-21(20)27-24(23(22)16-8-11-32-12-9-16)28-10-7-17(14-28)25(30)31/h1-6,13,16-17,29H,7-12,14H2,(H,30,31)/t17-/m1/s1. The highest BCUT2D eigenvalue weighted by molar-refractivity contribution is 5.99. The number of carboxylic acids is 1. The first-order valence-corrected chi connectivity index (χ1v) is 11.0. The van der Waals surface area contributed by atoms with E-state index in [-0.39, 0.29) is 17.5 Å². The molecule has 7 heteroatoms. The van der Waals surface area contributed by atoms with Crippen molar-refractivity contribution < 1.29 is 24.1 Å². The van der Waals surface area contributed by atoms with Crippen LogP contribution in [0.4, 0.5) is 10.2 Å². The van der Waals surface area contributed by atoms with Crippen molar-refractivity contribution in [3.63, 3.8) is 0 Å². The van der Waals surface area contributed by atoms with Gasteiger partial charge in [0.15, 0.2) is 0 Å². The van der Waals surface area contributed by atoms with Gasteiger partial charge in [0, 0.05) is 43.3 Å². The minimum Gasteiger partial charge on any atom is -0.508 e. The number of aromatic nitrogens is 1. The van der Waals surface area contributed by atoms with Crippen LogP contribution in [0.2, 0.25) is 0 Å². The molecular formula is C25H25FN2O4. The van der Waals surface area contributed by atoms with Gasteiger partial charge in [0.2, 0.25) is 0 Å². The van der Waals surface area contributed by atoms with E-state index in [1.54, 1.807) is 24.3 Å². The number of benzene rings is 2. The molecule has 6 nitrogen and oxygen atoms in total. The number of aromatic hydroxyl groups is 1. The summed E-state index contributed by atoms with van der Waals surface area (Å²) in [6.07, 6.45) is 2.24. The highest BCUT2D eigenvalue weighted by Gasteiger charge is 2.34. The van der Waals surface area contributed by atoms with Crippen molar-refractivity contribution in [2.24, 2.45) is 5.92 Å². The van der Waals surface area contributed by atoms with Gasteiger partial charge in [-0.25, -0.2) is 9.37 Å². The minimum atomic E-state index is -0.794. The Morgan fingerprint density at radius 3 is 2.53 bits per heavy atom. The van der Waals surface area contributed by atoms with Crippen molar-refractivity contribution in [3.05, 3.63) is 53.8 Å². The number of rotatable bonds is 4. The average Bonchev–Trinajstić information content (AvgIpc) is 3.29. The average molecular weight is 436 g/mol. The molecule has 0 unspecified atom stereocenters. The van der Waals surface area contributed by atoms with Crippen LogP contribution in [0.3, 0.4) is 0 Å². The molecule has 0 amide bonds. The SMILES string of the molecule is O=C(O)[C@@H]1CCN(c2nc3cc(O)ccc3c(-c3ccc(F)cc3)c2C2CCOCC2)C1. The molecule has 2 N–H and O–H groups in total. The van der Waals surface area contributed by atoms with Crippen LogP contribution >= 0.6 is 0 Å². The van der Waals surface area contributed by atoms with Gasteiger partial charge < -0.3 is 19.8 Å². The summed E-state index contributed by atoms with van der Waals surface area (Å²) in [7, 11) is 0. The van der Waals surface area contributed by atoms with Crippen LogP contribution in [-0.4, -0.2) is 47.5 Å². The topological polar surface area (TPSA) is 82.9 Å². The van der Waals surface area contributed by atoms with Gasteiger partial charge in [-0.3, -0.25) is 4.79 Å². The molecule has 0 radical (unpaired) electrons. The third-order valence-electron chi connectivity index (χ3n) is 6.59. The van der Waals surface area contributed by atoms with Crippen molar-refractivity contribution in [1.82, 2.24) is 4.98 Å². The molecule has 1 aromatic heterocycles. The number of hydrogen-bond donors (Lipinski definition) is 2. The minimum absolute atomic E-state index is 0.115. The van der Waals surface area contributed by atoms with E-state index in [1.165, 1.54) is 12.1 Å². The number of carboxylic acid groups (broad SMARTS) is 1. The monoisotopic (exact) mass is 436 g/mol. The summed E-state index contributed by atoms with van der Waals surface area (Å²) in [4.78, 5) is 18.6. The number of aliphatic carboxylic acids is 1. The molecule has 2 saturated heterocycles. The number of halogens is 1. The summed E-state index contributed by atoms with van der Waals surface area (Å²) in [6, 6.07) is 11.6. The Kier molecular flexibility index (Phi) is 5.43. The van der Waals surface area contributed by atoms with Crippen molar-refractivity contribution in [3.8, 4) is 16.9 Å². The number of hydrogen-bond acceptors (Lipinski definition) is 5. The second kappa shape index (κ2) is 8.39. The molecule has 3 heterocycles. The van der Waals surface area contributed by atoms with E-state index in [9.17, 15) is 19.4 Å². The highest BCUT2D eigenvalue weighted by atomic mass is 19.1. The maximum atomic E-state index is 13.7. The van der Waals surface area contributed by atoms with Crippen LogP contribution in [0.25, 0.3) is 22.0 Å². The van der Waals surface area contributed by atoms with E-state index in [0.29, 0.717) is 38.2 Å². The van der Waals surface area contributed by atoms with Crippen molar-refractivity contribution >= 4 is 22.7 Å². The van der Waals surface area contributed by atoms with Gasteiger partial charge in [0.25, 0.3) is 0 Å². The molecule has 2 aliphatic heterocycles. The summed E-state index contributed by atoms with van der Waals surface area (Å²) >= 11 is 0. The molecule has 0 spiro atoms. The van der Waals surface area contributed by atoms with Crippen LogP contribution in [-0.2, 0) is 9.53 Å². The van der Waals surface area contributed by atoms with Crippen molar-refractivity contribution in [1.29, 1.82) is 0 Å². The Balaban J connectivity index is 1.77. The van der Waals surface area contributed by atoms with Gasteiger partial charge in [-0.2, -0.15) is 0 Å². The number of ether oxygens (including phenoxy) is 1. The van der Waals surface area contributed by atoms with E-state index in [0.717, 1.165) is 40.7 Å². The van der Waals surface area contributed by atoms with Gasteiger partial charge >= 0.3 is 5.97 Å². The normalized spacial score (nSPS) is 19.5. The lowest BCUT2D eigenvalue weighted by molar-refractivity contribution is -0.140. The van der Waals surface area contributed by atoms with E-state index in [2.05, 4.69) is 4.90 Å². The quantitative estimate of drug-likeness (QED) is 0.624. The van der Waals surface area contributed by atoms with E-state index in [1.807, 2.05) is 6.07 Å². The highest BCUT2D eigenvalue weighted by Crippen LogP contribution is 2.45. The maximum Gasteiger partial charge on any atom is 0.308 e. The first-order valence-electron chi connectivity index (χ1n) is 11.0. The third kappa shape index (κ3) is 3.77. The van der Waals surface area contributed by atoms with Crippen LogP contribution in [0.5, 0.6) is 5.75 Å². The van der Waals surface area contributed by atoms with Crippen LogP contribution in [0, 0.1) is 11.7 Å². The summed E-state index contributed by atoms with van der Waals surface area (Å²) in [6.45, 7) is 2.30. The molecule has 166 valence electrons. The summed E-state index contributed by atoms with van der Waals surface area (Å²) in [5.74, 6) is -0.469. The summed E-state index contributed by atoms with van der Waals surface area (Å²) in [5, 5.41) is 20.5. The second-order valence-corrected chi connectivity index (χ2v) is 8.59. The lowest BCUT2D eigenvalue weighted by Crippen LogP contribution is -2.26. The number of carbonyl (C=O) groups is 1. The fourth-order valence-electron chi connectivity index (χ4n) is 4.95. The van der Waals surface area contributed by atoms with Gasteiger partial charge in [0.05, 0.1) is 11.4 Å². The zero-order valence-electron chi connectivity index (χ0n) is 17.6. The molecule has 0 saturated carbocycles. The largest absolute Gasteiger partial charge is 0.508 e.